The Bertz CT molecular complexity index is 483. The molecular weight excluding hydrogens is 230 g/mol. The molecule has 2 rings (SSSR count). The molecule has 0 unspecified atom stereocenters. The van der Waals surface area contributed by atoms with Gasteiger partial charge in [0.1, 0.15) is 17.9 Å². The lowest BCUT2D eigenvalue weighted by Crippen LogP contribution is -2.04. The van der Waals surface area contributed by atoms with E-state index in [-0.39, 0.29) is 0 Å². The van der Waals surface area contributed by atoms with Crippen LogP contribution in [0.3, 0.4) is 0 Å². The Kier molecular flexibility index (Phi) is 4.01. The number of anilines is 2. The SMILES string of the molecule is COc1cc(N)cc(NCCCc2ncn[nH]2)c1. The zero-order valence-corrected chi connectivity index (χ0v) is 10.3. The Morgan fingerprint density at radius 2 is 2.28 bits per heavy atom. The first-order valence-electron chi connectivity index (χ1n) is 5.80. The van der Waals surface area contributed by atoms with Gasteiger partial charge >= 0.3 is 0 Å². The average molecular weight is 247 g/mol. The van der Waals surface area contributed by atoms with Gasteiger partial charge in [-0.15, -0.1) is 0 Å². The first-order valence-corrected chi connectivity index (χ1v) is 5.80. The van der Waals surface area contributed by atoms with Crippen molar-refractivity contribution < 1.29 is 4.74 Å². The normalized spacial score (nSPS) is 10.3. The van der Waals surface area contributed by atoms with Gasteiger partial charge in [-0.05, 0) is 12.5 Å². The summed E-state index contributed by atoms with van der Waals surface area (Å²) in [4.78, 5) is 4.07. The van der Waals surface area contributed by atoms with Gasteiger partial charge in [0, 0.05) is 36.5 Å². The van der Waals surface area contributed by atoms with Crippen LogP contribution in [0.15, 0.2) is 24.5 Å². The molecule has 6 nitrogen and oxygen atoms in total. The molecular formula is C12H17N5O. The number of benzene rings is 1. The maximum atomic E-state index is 5.77. The van der Waals surface area contributed by atoms with Crippen LogP contribution < -0.4 is 15.8 Å². The van der Waals surface area contributed by atoms with Crippen LogP contribution in [0.25, 0.3) is 0 Å². The smallest absolute Gasteiger partial charge is 0.137 e. The topological polar surface area (TPSA) is 88.8 Å². The van der Waals surface area contributed by atoms with Crippen LogP contribution in [0.2, 0.25) is 0 Å². The van der Waals surface area contributed by atoms with Crippen molar-refractivity contribution in [1.29, 1.82) is 0 Å². The molecule has 6 heteroatoms. The number of nitrogens with two attached hydrogens (primary N) is 1. The number of rotatable bonds is 6. The van der Waals surface area contributed by atoms with Gasteiger partial charge in [-0.2, -0.15) is 5.10 Å². The summed E-state index contributed by atoms with van der Waals surface area (Å²) < 4.78 is 5.16. The molecule has 0 spiro atoms. The van der Waals surface area contributed by atoms with Gasteiger partial charge in [0.2, 0.25) is 0 Å². The zero-order chi connectivity index (χ0) is 12.8. The predicted octanol–water partition coefficient (Wildman–Crippen LogP) is 1.44. The minimum absolute atomic E-state index is 0.687. The highest BCUT2D eigenvalue weighted by molar-refractivity contribution is 5.59. The second kappa shape index (κ2) is 5.90. The summed E-state index contributed by atoms with van der Waals surface area (Å²) in [5.74, 6) is 1.66. The second-order valence-corrected chi connectivity index (χ2v) is 3.96. The van der Waals surface area contributed by atoms with Crippen molar-refractivity contribution in [3.05, 3.63) is 30.4 Å². The molecule has 0 saturated carbocycles. The van der Waals surface area contributed by atoms with Crippen molar-refractivity contribution >= 4 is 11.4 Å². The van der Waals surface area contributed by atoms with Crippen LogP contribution in [0, 0.1) is 0 Å². The summed E-state index contributed by atoms with van der Waals surface area (Å²) in [6, 6.07) is 5.60. The molecule has 96 valence electrons. The molecule has 0 atom stereocenters. The van der Waals surface area contributed by atoms with Gasteiger partial charge < -0.3 is 15.8 Å². The Morgan fingerprint density at radius 3 is 3.00 bits per heavy atom. The maximum absolute atomic E-state index is 5.77. The standard InChI is InChI=1S/C12H17N5O/c1-18-11-6-9(13)5-10(7-11)14-4-2-3-12-15-8-16-17-12/h5-8,14H,2-4,13H2,1H3,(H,15,16,17). The van der Waals surface area contributed by atoms with Gasteiger partial charge in [-0.3, -0.25) is 5.10 Å². The molecule has 2 aromatic rings. The Morgan fingerprint density at radius 1 is 1.39 bits per heavy atom. The molecule has 0 amide bonds. The molecule has 0 fully saturated rings. The van der Waals surface area contributed by atoms with Crippen molar-refractivity contribution in [3.63, 3.8) is 0 Å². The van der Waals surface area contributed by atoms with E-state index >= 15 is 0 Å². The predicted molar refractivity (Wildman–Crippen MR) is 70.6 cm³/mol. The molecule has 0 aliphatic rings. The number of nitrogens with one attached hydrogen (secondary N) is 2. The quantitative estimate of drug-likeness (QED) is 0.531. The van der Waals surface area contributed by atoms with E-state index in [0.29, 0.717) is 5.69 Å². The summed E-state index contributed by atoms with van der Waals surface area (Å²) in [6.45, 7) is 0.841. The number of aromatic amines is 1. The van der Waals surface area contributed by atoms with Crippen molar-refractivity contribution in [3.8, 4) is 5.75 Å². The van der Waals surface area contributed by atoms with E-state index in [1.807, 2.05) is 12.1 Å². The summed E-state index contributed by atoms with van der Waals surface area (Å²) in [5, 5.41) is 9.94. The van der Waals surface area contributed by atoms with E-state index in [1.165, 1.54) is 6.33 Å². The molecule has 1 aromatic carbocycles. The van der Waals surface area contributed by atoms with Crippen LogP contribution in [0.5, 0.6) is 5.75 Å². The molecule has 0 aliphatic carbocycles. The van der Waals surface area contributed by atoms with E-state index in [1.54, 1.807) is 13.2 Å². The Hall–Kier alpha value is -2.24. The first-order chi connectivity index (χ1) is 8.78. The van der Waals surface area contributed by atoms with Gasteiger partial charge in [0.15, 0.2) is 0 Å². The van der Waals surface area contributed by atoms with Gasteiger partial charge in [0.25, 0.3) is 0 Å². The number of methoxy groups -OCH3 is 1. The van der Waals surface area contributed by atoms with Crippen LogP contribution in [-0.2, 0) is 6.42 Å². The molecule has 4 N–H and O–H groups in total. The minimum Gasteiger partial charge on any atom is -0.497 e. The van der Waals surface area contributed by atoms with Crippen molar-refractivity contribution in [2.75, 3.05) is 24.7 Å². The van der Waals surface area contributed by atoms with Crippen LogP contribution in [0.1, 0.15) is 12.2 Å². The molecule has 1 aromatic heterocycles. The molecule has 0 bridgehead atoms. The van der Waals surface area contributed by atoms with Crippen LogP contribution >= 0.6 is 0 Å². The average Bonchev–Trinajstić information content (AvgIpc) is 2.87. The third-order valence-corrected chi connectivity index (χ3v) is 2.55. The number of nitrogens with zero attached hydrogens (tertiary/aromatic N) is 2. The number of H-pyrrole nitrogens is 1. The third kappa shape index (κ3) is 3.38. The zero-order valence-electron chi connectivity index (χ0n) is 10.3. The number of aryl methyl sites for hydroxylation is 1. The lowest BCUT2D eigenvalue weighted by atomic mass is 10.2. The summed E-state index contributed by atoms with van der Waals surface area (Å²) in [5.41, 5.74) is 7.42. The van der Waals surface area contributed by atoms with Gasteiger partial charge in [0.05, 0.1) is 7.11 Å². The van der Waals surface area contributed by atoms with E-state index in [4.69, 9.17) is 10.5 Å². The van der Waals surface area contributed by atoms with Crippen LogP contribution in [0.4, 0.5) is 11.4 Å². The number of ether oxygens (including phenoxy) is 1. The van der Waals surface area contributed by atoms with Crippen molar-refractivity contribution in [2.45, 2.75) is 12.8 Å². The summed E-state index contributed by atoms with van der Waals surface area (Å²) >= 11 is 0. The Balaban J connectivity index is 1.81. The van der Waals surface area contributed by atoms with Gasteiger partial charge in [-0.1, -0.05) is 0 Å². The molecule has 0 saturated heterocycles. The molecule has 0 radical (unpaired) electrons. The highest BCUT2D eigenvalue weighted by Gasteiger charge is 1.99. The summed E-state index contributed by atoms with van der Waals surface area (Å²) in [7, 11) is 1.63. The number of hydrogen-bond donors (Lipinski definition) is 3. The molecule has 0 aliphatic heterocycles. The van der Waals surface area contributed by atoms with E-state index in [9.17, 15) is 0 Å². The Labute approximate surface area is 106 Å². The van der Waals surface area contributed by atoms with Crippen LogP contribution in [-0.4, -0.2) is 28.8 Å². The minimum atomic E-state index is 0.687. The monoisotopic (exact) mass is 247 g/mol. The number of hydrogen-bond acceptors (Lipinski definition) is 5. The molecule has 18 heavy (non-hydrogen) atoms. The number of aromatic nitrogens is 3. The van der Waals surface area contributed by atoms with E-state index in [2.05, 4.69) is 20.5 Å². The number of nitrogen functional groups attached to an aromatic ring is 1. The van der Waals surface area contributed by atoms with E-state index in [0.717, 1.165) is 36.6 Å². The fourth-order valence-electron chi connectivity index (χ4n) is 1.68. The lowest BCUT2D eigenvalue weighted by Gasteiger charge is -2.09. The maximum Gasteiger partial charge on any atom is 0.137 e. The highest BCUT2D eigenvalue weighted by Crippen LogP contribution is 2.22. The summed E-state index contributed by atoms with van der Waals surface area (Å²) in [6.07, 6.45) is 3.35. The fraction of sp³-hybridized carbons (Fsp3) is 0.333. The van der Waals surface area contributed by atoms with Gasteiger partial charge in [-0.25, -0.2) is 4.98 Å². The fourth-order valence-corrected chi connectivity index (χ4v) is 1.68. The lowest BCUT2D eigenvalue weighted by molar-refractivity contribution is 0.415. The highest BCUT2D eigenvalue weighted by atomic mass is 16.5. The third-order valence-electron chi connectivity index (χ3n) is 2.55. The van der Waals surface area contributed by atoms with E-state index < -0.39 is 0 Å². The molecule has 1 heterocycles. The van der Waals surface area contributed by atoms with Crippen molar-refractivity contribution in [1.82, 2.24) is 15.2 Å². The first kappa shape index (κ1) is 12.2. The second-order valence-electron chi connectivity index (χ2n) is 3.96. The largest absolute Gasteiger partial charge is 0.497 e. The van der Waals surface area contributed by atoms with Crippen molar-refractivity contribution in [2.24, 2.45) is 0 Å².